The number of aromatic nitrogens is 3. The van der Waals surface area contributed by atoms with Gasteiger partial charge in [-0.2, -0.15) is 0 Å². The van der Waals surface area contributed by atoms with E-state index >= 15 is 0 Å². The van der Waals surface area contributed by atoms with Crippen molar-refractivity contribution in [1.82, 2.24) is 15.0 Å². The predicted molar refractivity (Wildman–Crippen MR) is 151 cm³/mol. The summed E-state index contributed by atoms with van der Waals surface area (Å²) >= 11 is 0.0438. The summed E-state index contributed by atoms with van der Waals surface area (Å²) in [5.41, 5.74) is 8.24. The van der Waals surface area contributed by atoms with E-state index in [9.17, 15) is 0 Å². The van der Waals surface area contributed by atoms with Crippen LogP contribution in [0.25, 0.3) is 41.9 Å². The Morgan fingerprint density at radius 2 is 1.39 bits per heavy atom. The fraction of sp³-hybridized carbons (Fsp3) is 0.156. The second-order valence-corrected chi connectivity index (χ2v) is 12.0. The molecule has 3 nitrogen and oxygen atoms in total. The molecule has 176 valence electrons. The van der Waals surface area contributed by atoms with Crippen LogP contribution in [0.2, 0.25) is 0 Å². The van der Waals surface area contributed by atoms with Crippen molar-refractivity contribution < 1.29 is 1.37 Å². The number of fused-ring (bicyclic) bond motifs is 3. The van der Waals surface area contributed by atoms with E-state index < -0.39 is 0 Å². The van der Waals surface area contributed by atoms with Gasteiger partial charge in [-0.1, -0.05) is 6.07 Å². The van der Waals surface area contributed by atoms with Gasteiger partial charge in [-0.15, -0.1) is 0 Å². The molecule has 4 aromatic heterocycles. The molecule has 0 radical (unpaired) electrons. The van der Waals surface area contributed by atoms with Crippen molar-refractivity contribution >= 4 is 33.9 Å². The van der Waals surface area contributed by atoms with Gasteiger partial charge < -0.3 is 0 Å². The van der Waals surface area contributed by atoms with Crippen molar-refractivity contribution in [3.63, 3.8) is 0 Å². The summed E-state index contributed by atoms with van der Waals surface area (Å²) in [6, 6.07) is 29.3. The Morgan fingerprint density at radius 1 is 0.722 bits per heavy atom. The standard InChI is InChI=1S/C32H27N3Se/c1-20-16-26(22-10-6-5-7-11-22)34-28(18-20)32(3,4)29-19-21(2)17-27(35-29)25-13-8-12-23-24-14-9-15-33-31(24)36-30(23)25/h5-19H,1-4H3/i15D. The molecule has 4 heterocycles. The first-order valence-electron chi connectivity index (χ1n) is 12.6. The molecule has 0 aliphatic rings. The summed E-state index contributed by atoms with van der Waals surface area (Å²) in [4.78, 5) is 14.9. The summed E-state index contributed by atoms with van der Waals surface area (Å²) < 4.78 is 10.3. The molecule has 0 unspecified atom stereocenters. The maximum atomic E-state index is 7.96. The summed E-state index contributed by atoms with van der Waals surface area (Å²) in [7, 11) is 0. The molecule has 0 atom stereocenters. The van der Waals surface area contributed by atoms with Gasteiger partial charge in [0, 0.05) is 0 Å². The number of hydrogen-bond donors (Lipinski definition) is 0. The van der Waals surface area contributed by atoms with Crippen LogP contribution in [0, 0.1) is 13.8 Å². The van der Waals surface area contributed by atoms with Gasteiger partial charge in [0.1, 0.15) is 0 Å². The van der Waals surface area contributed by atoms with E-state index in [0.717, 1.165) is 43.7 Å². The number of rotatable bonds is 4. The Balaban J connectivity index is 1.50. The molecular formula is C32H27N3Se. The summed E-state index contributed by atoms with van der Waals surface area (Å²) in [5, 5.41) is 2.37. The Bertz CT molecular complexity index is 1790. The Hall–Kier alpha value is -3.59. The van der Waals surface area contributed by atoms with E-state index in [2.05, 4.69) is 99.4 Å². The summed E-state index contributed by atoms with van der Waals surface area (Å²) in [6.45, 7) is 8.70. The van der Waals surface area contributed by atoms with Crippen LogP contribution in [-0.4, -0.2) is 29.5 Å². The number of benzene rings is 2. The fourth-order valence-electron chi connectivity index (χ4n) is 4.79. The zero-order valence-corrected chi connectivity index (χ0v) is 22.5. The first kappa shape index (κ1) is 21.7. The second kappa shape index (κ2) is 8.81. The molecule has 6 rings (SSSR count). The molecule has 36 heavy (non-hydrogen) atoms. The van der Waals surface area contributed by atoms with E-state index in [-0.39, 0.29) is 19.9 Å². The molecule has 2 aromatic carbocycles. The first-order valence-corrected chi connectivity index (χ1v) is 13.8. The van der Waals surface area contributed by atoms with Gasteiger partial charge in [0.25, 0.3) is 0 Å². The summed E-state index contributed by atoms with van der Waals surface area (Å²) in [5.74, 6) is 0. The van der Waals surface area contributed by atoms with Crippen LogP contribution in [-0.2, 0) is 5.41 Å². The molecule has 0 amide bonds. The predicted octanol–water partition coefficient (Wildman–Crippen LogP) is 7.51. The monoisotopic (exact) mass is 534 g/mol. The van der Waals surface area contributed by atoms with Gasteiger partial charge in [-0.3, -0.25) is 0 Å². The van der Waals surface area contributed by atoms with Gasteiger partial charge in [0.15, 0.2) is 0 Å². The van der Waals surface area contributed by atoms with E-state index in [1.807, 2.05) is 12.1 Å². The van der Waals surface area contributed by atoms with E-state index in [4.69, 9.17) is 11.3 Å². The van der Waals surface area contributed by atoms with Gasteiger partial charge in [0.05, 0.1) is 0 Å². The maximum absolute atomic E-state index is 7.96. The van der Waals surface area contributed by atoms with Crippen LogP contribution in [0.3, 0.4) is 0 Å². The second-order valence-electron chi connectivity index (χ2n) is 9.90. The van der Waals surface area contributed by atoms with E-state index in [1.54, 1.807) is 6.07 Å². The van der Waals surface area contributed by atoms with Gasteiger partial charge in [0.2, 0.25) is 0 Å². The van der Waals surface area contributed by atoms with Gasteiger partial charge in [-0.25, -0.2) is 0 Å². The number of aryl methyl sites for hydroxylation is 2. The van der Waals surface area contributed by atoms with Crippen molar-refractivity contribution in [2.45, 2.75) is 33.1 Å². The molecule has 0 saturated heterocycles. The SMILES string of the molecule is [2H]c1ccc2c(n1)[se]c1c(-c3cc(C)cc(C(C)(C)c4cc(C)cc(-c5ccccc5)n4)n3)cccc12. The number of nitrogens with zero attached hydrogens (tertiary/aromatic N) is 3. The number of pyridine rings is 3. The normalized spacial score (nSPS) is 12.3. The van der Waals surface area contributed by atoms with E-state index in [0.29, 0.717) is 6.17 Å². The Kier molecular flexibility index (Phi) is 5.31. The van der Waals surface area contributed by atoms with Crippen molar-refractivity contribution in [3.05, 3.63) is 114 Å². The first-order chi connectivity index (χ1) is 17.8. The third kappa shape index (κ3) is 3.97. The molecule has 0 bridgehead atoms. The van der Waals surface area contributed by atoms with Gasteiger partial charge in [-0.05, 0) is 0 Å². The average Bonchev–Trinajstić information content (AvgIpc) is 3.26. The molecule has 6 aromatic rings. The molecule has 0 fully saturated rings. The zero-order valence-electron chi connectivity index (χ0n) is 21.8. The van der Waals surface area contributed by atoms with Crippen molar-refractivity contribution in [2.24, 2.45) is 0 Å². The third-order valence-corrected chi connectivity index (χ3v) is 9.20. The molecule has 0 spiro atoms. The topological polar surface area (TPSA) is 38.7 Å². The molecule has 0 aliphatic carbocycles. The van der Waals surface area contributed by atoms with E-state index in [1.165, 1.54) is 20.8 Å². The van der Waals surface area contributed by atoms with Crippen molar-refractivity contribution in [1.29, 1.82) is 0 Å². The Labute approximate surface area is 219 Å². The quantitative estimate of drug-likeness (QED) is 0.220. The Morgan fingerprint density at radius 3 is 2.14 bits per heavy atom. The third-order valence-electron chi connectivity index (χ3n) is 6.79. The number of hydrogen-bond acceptors (Lipinski definition) is 3. The van der Waals surface area contributed by atoms with Gasteiger partial charge >= 0.3 is 213 Å². The van der Waals surface area contributed by atoms with Crippen LogP contribution >= 0.6 is 0 Å². The molecule has 0 saturated carbocycles. The minimum absolute atomic E-state index is 0.0438. The van der Waals surface area contributed by atoms with Crippen molar-refractivity contribution in [3.8, 4) is 22.5 Å². The van der Waals surface area contributed by atoms with Crippen LogP contribution in [0.4, 0.5) is 0 Å². The summed E-state index contributed by atoms with van der Waals surface area (Å²) in [6.07, 6.45) is 0.327. The molecular weight excluding hydrogens is 505 g/mol. The van der Waals surface area contributed by atoms with Crippen LogP contribution in [0.5, 0.6) is 0 Å². The van der Waals surface area contributed by atoms with Crippen LogP contribution in [0.1, 0.15) is 37.7 Å². The fourth-order valence-corrected chi connectivity index (χ4v) is 7.20. The van der Waals surface area contributed by atoms with Crippen molar-refractivity contribution in [2.75, 3.05) is 0 Å². The average molecular weight is 534 g/mol. The zero-order chi connectivity index (χ0) is 25.7. The molecule has 4 heteroatoms. The van der Waals surface area contributed by atoms with Crippen LogP contribution in [0.15, 0.2) is 91.1 Å². The minimum atomic E-state index is -0.385. The molecule has 0 N–H and O–H groups in total. The van der Waals surface area contributed by atoms with Crippen LogP contribution < -0.4 is 0 Å². The molecule has 0 aliphatic heterocycles.